The average Bonchev–Trinajstić information content (AvgIpc) is 2.55. The minimum Gasteiger partial charge on any atom is -0.326 e. The molecule has 1 unspecified atom stereocenters. The van der Waals surface area contributed by atoms with E-state index in [0.29, 0.717) is 6.42 Å². The number of carbonyl (C=O) groups excluding carboxylic acids is 2. The molecule has 0 aliphatic heterocycles. The van der Waals surface area contributed by atoms with Gasteiger partial charge in [0.05, 0.1) is 5.25 Å². The molecule has 2 aromatic carbocycles. The van der Waals surface area contributed by atoms with Gasteiger partial charge in [-0.15, -0.1) is 11.8 Å². The summed E-state index contributed by atoms with van der Waals surface area (Å²) in [5, 5.41) is 5.61. The van der Waals surface area contributed by atoms with Crippen molar-refractivity contribution in [2.45, 2.75) is 51.2 Å². The summed E-state index contributed by atoms with van der Waals surface area (Å²) < 4.78 is 0. The predicted octanol–water partition coefficient (Wildman–Crippen LogP) is 5.49. The van der Waals surface area contributed by atoms with E-state index in [9.17, 15) is 9.59 Å². The second-order valence-corrected chi connectivity index (χ2v) is 9.34. The number of thioether (sulfide) groups is 1. The third kappa shape index (κ3) is 7.47. The SMILES string of the molecule is Cc1ccc(NC(=O)C(C)Sc2cccc(NC(=O)CC(C)(C)C)c2)cc1. The van der Waals surface area contributed by atoms with E-state index >= 15 is 0 Å². The number of rotatable bonds is 6. The predicted molar refractivity (Wildman–Crippen MR) is 114 cm³/mol. The maximum absolute atomic E-state index is 12.4. The molecule has 1 atom stereocenters. The van der Waals surface area contributed by atoms with Gasteiger partial charge in [0.2, 0.25) is 11.8 Å². The smallest absolute Gasteiger partial charge is 0.237 e. The summed E-state index contributed by atoms with van der Waals surface area (Å²) in [5.41, 5.74) is 2.64. The van der Waals surface area contributed by atoms with Crippen LogP contribution in [0.1, 0.15) is 39.7 Å². The molecule has 0 saturated carbocycles. The fourth-order valence-electron chi connectivity index (χ4n) is 2.47. The molecule has 2 N–H and O–H groups in total. The van der Waals surface area contributed by atoms with Gasteiger partial charge in [0.15, 0.2) is 0 Å². The highest BCUT2D eigenvalue weighted by molar-refractivity contribution is 8.00. The van der Waals surface area contributed by atoms with E-state index in [1.165, 1.54) is 11.8 Å². The van der Waals surface area contributed by atoms with E-state index in [0.717, 1.165) is 21.8 Å². The largest absolute Gasteiger partial charge is 0.326 e. The molecule has 4 nitrogen and oxygen atoms in total. The standard InChI is InChI=1S/C22H28N2O2S/c1-15-9-11-17(12-10-15)24-21(26)16(2)27-19-8-6-7-18(13-19)23-20(25)14-22(3,4)5/h6-13,16H,14H2,1-5H3,(H,23,25)(H,24,26). The molecule has 144 valence electrons. The van der Waals surface area contributed by atoms with Crippen LogP contribution in [0.5, 0.6) is 0 Å². The fraction of sp³-hybridized carbons (Fsp3) is 0.364. The van der Waals surface area contributed by atoms with Crippen molar-refractivity contribution in [1.82, 2.24) is 0 Å². The van der Waals surface area contributed by atoms with E-state index in [1.807, 2.05) is 83.1 Å². The first kappa shape index (κ1) is 21.0. The van der Waals surface area contributed by atoms with Crippen LogP contribution in [0.4, 0.5) is 11.4 Å². The number of nitrogens with one attached hydrogen (secondary N) is 2. The van der Waals surface area contributed by atoms with E-state index in [4.69, 9.17) is 0 Å². The second kappa shape index (κ2) is 9.09. The second-order valence-electron chi connectivity index (χ2n) is 7.93. The zero-order valence-corrected chi connectivity index (χ0v) is 17.4. The minimum absolute atomic E-state index is 0.00480. The van der Waals surface area contributed by atoms with Crippen molar-refractivity contribution in [1.29, 1.82) is 0 Å². The van der Waals surface area contributed by atoms with E-state index in [1.54, 1.807) is 0 Å². The van der Waals surface area contributed by atoms with Crippen molar-refractivity contribution in [3.8, 4) is 0 Å². The molecule has 2 aromatic rings. The molecule has 0 bridgehead atoms. The molecule has 2 rings (SSSR count). The number of anilines is 2. The maximum atomic E-state index is 12.4. The van der Waals surface area contributed by atoms with Gasteiger partial charge in [0.1, 0.15) is 0 Å². The summed E-state index contributed by atoms with van der Waals surface area (Å²) in [7, 11) is 0. The molecule has 27 heavy (non-hydrogen) atoms. The Morgan fingerprint density at radius 3 is 2.30 bits per heavy atom. The molecule has 2 amide bonds. The molecule has 0 heterocycles. The topological polar surface area (TPSA) is 58.2 Å². The number of hydrogen-bond acceptors (Lipinski definition) is 3. The van der Waals surface area contributed by atoms with Gasteiger partial charge in [-0.2, -0.15) is 0 Å². The highest BCUT2D eigenvalue weighted by atomic mass is 32.2. The van der Waals surface area contributed by atoms with Crippen LogP contribution in [-0.2, 0) is 9.59 Å². The van der Waals surface area contributed by atoms with Crippen molar-refractivity contribution in [3.05, 3.63) is 54.1 Å². The lowest BCUT2D eigenvalue weighted by Crippen LogP contribution is -2.22. The number of hydrogen-bond donors (Lipinski definition) is 2. The highest BCUT2D eigenvalue weighted by Crippen LogP contribution is 2.27. The monoisotopic (exact) mass is 384 g/mol. The Morgan fingerprint density at radius 2 is 1.67 bits per heavy atom. The Balaban J connectivity index is 1.95. The van der Waals surface area contributed by atoms with Crippen LogP contribution in [0.15, 0.2) is 53.4 Å². The summed E-state index contributed by atoms with van der Waals surface area (Å²) in [6.07, 6.45) is 0.458. The Kier molecular flexibility index (Phi) is 7.08. The molecular formula is C22H28N2O2S. The van der Waals surface area contributed by atoms with Crippen LogP contribution in [0.25, 0.3) is 0 Å². The first-order valence-electron chi connectivity index (χ1n) is 9.06. The number of benzene rings is 2. The van der Waals surface area contributed by atoms with Crippen LogP contribution in [-0.4, -0.2) is 17.1 Å². The summed E-state index contributed by atoms with van der Waals surface area (Å²) >= 11 is 1.47. The maximum Gasteiger partial charge on any atom is 0.237 e. The molecule has 0 aromatic heterocycles. The highest BCUT2D eigenvalue weighted by Gasteiger charge is 2.17. The van der Waals surface area contributed by atoms with Gasteiger partial charge in [-0.3, -0.25) is 9.59 Å². The molecule has 0 aliphatic rings. The molecule has 0 aliphatic carbocycles. The van der Waals surface area contributed by atoms with E-state index in [-0.39, 0.29) is 22.5 Å². The average molecular weight is 385 g/mol. The molecule has 0 fully saturated rings. The van der Waals surface area contributed by atoms with Crippen LogP contribution < -0.4 is 10.6 Å². The Bertz CT molecular complexity index is 795. The van der Waals surface area contributed by atoms with Gasteiger partial charge in [0, 0.05) is 22.7 Å². The molecule has 0 saturated heterocycles. The third-order valence-electron chi connectivity index (χ3n) is 3.81. The number of aryl methyl sites for hydroxylation is 1. The van der Waals surface area contributed by atoms with Crippen LogP contribution in [0.2, 0.25) is 0 Å². The zero-order valence-electron chi connectivity index (χ0n) is 16.6. The van der Waals surface area contributed by atoms with E-state index in [2.05, 4.69) is 10.6 Å². The summed E-state index contributed by atoms with van der Waals surface area (Å²) in [6, 6.07) is 15.3. The minimum atomic E-state index is -0.258. The quantitative estimate of drug-likeness (QED) is 0.648. The lowest BCUT2D eigenvalue weighted by Gasteiger charge is -2.17. The molecule has 0 spiro atoms. The van der Waals surface area contributed by atoms with Crippen LogP contribution in [0, 0.1) is 12.3 Å². The van der Waals surface area contributed by atoms with Gasteiger partial charge in [-0.25, -0.2) is 0 Å². The Labute approximate surface area is 166 Å². The molecule has 0 radical (unpaired) electrons. The van der Waals surface area contributed by atoms with Gasteiger partial charge in [-0.05, 0) is 49.6 Å². The zero-order chi connectivity index (χ0) is 20.0. The summed E-state index contributed by atoms with van der Waals surface area (Å²) in [6.45, 7) is 9.99. The lowest BCUT2D eigenvalue weighted by molar-refractivity contribution is -0.118. The first-order valence-corrected chi connectivity index (χ1v) is 9.94. The van der Waals surface area contributed by atoms with Crippen molar-refractivity contribution < 1.29 is 9.59 Å². The van der Waals surface area contributed by atoms with Gasteiger partial charge >= 0.3 is 0 Å². The number of carbonyl (C=O) groups is 2. The fourth-order valence-corrected chi connectivity index (χ4v) is 3.40. The van der Waals surface area contributed by atoms with Gasteiger partial charge < -0.3 is 10.6 Å². The third-order valence-corrected chi connectivity index (χ3v) is 4.90. The van der Waals surface area contributed by atoms with Crippen LogP contribution in [0.3, 0.4) is 0 Å². The first-order chi connectivity index (χ1) is 12.6. The van der Waals surface area contributed by atoms with Crippen molar-refractivity contribution in [2.75, 3.05) is 10.6 Å². The Hall–Kier alpha value is -2.27. The lowest BCUT2D eigenvalue weighted by atomic mass is 9.92. The molecule has 5 heteroatoms. The Morgan fingerprint density at radius 1 is 1.00 bits per heavy atom. The van der Waals surface area contributed by atoms with Crippen molar-refractivity contribution >= 4 is 35.0 Å². The summed E-state index contributed by atoms with van der Waals surface area (Å²) in [4.78, 5) is 25.5. The number of amides is 2. The van der Waals surface area contributed by atoms with Crippen molar-refractivity contribution in [3.63, 3.8) is 0 Å². The normalized spacial score (nSPS) is 12.3. The van der Waals surface area contributed by atoms with Crippen LogP contribution >= 0.6 is 11.8 Å². The molecular weight excluding hydrogens is 356 g/mol. The van der Waals surface area contributed by atoms with Gasteiger partial charge in [0.25, 0.3) is 0 Å². The van der Waals surface area contributed by atoms with Gasteiger partial charge in [-0.1, -0.05) is 44.5 Å². The summed E-state index contributed by atoms with van der Waals surface area (Å²) in [5.74, 6) is -0.0548. The van der Waals surface area contributed by atoms with E-state index < -0.39 is 0 Å². The van der Waals surface area contributed by atoms with Crippen molar-refractivity contribution in [2.24, 2.45) is 5.41 Å².